The van der Waals surface area contributed by atoms with Crippen LogP contribution in [0.2, 0.25) is 0 Å². The molecular weight excluding hydrogens is 280 g/mol. The van der Waals surface area contributed by atoms with Gasteiger partial charge in [0, 0.05) is 12.0 Å². The Kier molecular flexibility index (Phi) is 5.11. The molecule has 0 N–H and O–H groups in total. The summed E-state index contributed by atoms with van der Waals surface area (Å²) in [5.41, 5.74) is 2.70. The number of Topliss-reactive ketones (excluding diaryl/α,β-unsaturated/α-hetero) is 2. The molecule has 1 aromatic rings. The van der Waals surface area contributed by atoms with Gasteiger partial charge in [0.2, 0.25) is 0 Å². The third-order valence-electron chi connectivity index (χ3n) is 4.40. The first kappa shape index (κ1) is 16.4. The molecule has 0 spiro atoms. The number of carbonyl (C=O) groups is 3. The quantitative estimate of drug-likeness (QED) is 0.457. The minimum Gasteiger partial charge on any atom is -0.465 e. The van der Waals surface area contributed by atoms with Crippen LogP contribution in [0.4, 0.5) is 0 Å². The van der Waals surface area contributed by atoms with Crippen molar-refractivity contribution in [2.75, 3.05) is 7.11 Å². The van der Waals surface area contributed by atoms with Crippen molar-refractivity contribution < 1.29 is 19.1 Å². The fourth-order valence-corrected chi connectivity index (χ4v) is 2.76. The summed E-state index contributed by atoms with van der Waals surface area (Å²) in [5.74, 6) is -0.363. The highest BCUT2D eigenvalue weighted by molar-refractivity contribution is 6.09. The zero-order chi connectivity index (χ0) is 16.3. The summed E-state index contributed by atoms with van der Waals surface area (Å²) >= 11 is 0. The summed E-state index contributed by atoms with van der Waals surface area (Å²) in [6.07, 6.45) is 3.52. The van der Waals surface area contributed by atoms with Gasteiger partial charge in [-0.25, -0.2) is 4.79 Å². The van der Waals surface area contributed by atoms with Crippen LogP contribution >= 0.6 is 0 Å². The lowest BCUT2D eigenvalue weighted by atomic mass is 9.76. The minimum atomic E-state index is -0.450. The normalized spacial score (nSPS) is 14.3. The van der Waals surface area contributed by atoms with Gasteiger partial charge in [-0.15, -0.1) is 0 Å². The van der Waals surface area contributed by atoms with E-state index in [1.165, 1.54) is 7.11 Å². The Morgan fingerprint density at radius 1 is 1.18 bits per heavy atom. The van der Waals surface area contributed by atoms with E-state index in [9.17, 15) is 14.4 Å². The van der Waals surface area contributed by atoms with E-state index < -0.39 is 5.97 Å². The summed E-state index contributed by atoms with van der Waals surface area (Å²) in [6, 6.07) is 3.53. The van der Waals surface area contributed by atoms with Gasteiger partial charge in [-0.2, -0.15) is 0 Å². The molecule has 22 heavy (non-hydrogen) atoms. The van der Waals surface area contributed by atoms with Gasteiger partial charge >= 0.3 is 5.97 Å². The number of ether oxygens (including phenoxy) is 1. The summed E-state index contributed by atoms with van der Waals surface area (Å²) in [5, 5.41) is 0. The number of hydrogen-bond acceptors (Lipinski definition) is 4. The molecule has 4 heteroatoms. The van der Waals surface area contributed by atoms with Crippen LogP contribution in [-0.2, 0) is 9.53 Å². The number of hydrogen-bond donors (Lipinski definition) is 0. The molecule has 0 saturated heterocycles. The van der Waals surface area contributed by atoms with Crippen LogP contribution in [-0.4, -0.2) is 24.6 Å². The average Bonchev–Trinajstić information content (AvgIpc) is 2.44. The molecule has 0 unspecified atom stereocenters. The maximum atomic E-state index is 12.5. The lowest BCUT2D eigenvalue weighted by molar-refractivity contribution is -0.117. The predicted molar refractivity (Wildman–Crippen MR) is 83.4 cm³/mol. The first-order valence-electron chi connectivity index (χ1n) is 7.75. The van der Waals surface area contributed by atoms with Crippen molar-refractivity contribution >= 4 is 17.5 Å². The highest BCUT2D eigenvalue weighted by atomic mass is 16.5. The number of methoxy groups -OCH3 is 1. The lowest BCUT2D eigenvalue weighted by Gasteiger charge is -2.28. The summed E-state index contributed by atoms with van der Waals surface area (Å²) in [4.78, 5) is 35.9. The monoisotopic (exact) mass is 302 g/mol. The molecule has 0 aliphatic heterocycles. The Labute approximate surface area is 130 Å². The molecule has 1 fully saturated rings. The Morgan fingerprint density at radius 3 is 2.36 bits per heavy atom. The number of ketones is 2. The fraction of sp³-hybridized carbons (Fsp3) is 0.500. The molecule has 0 atom stereocenters. The van der Waals surface area contributed by atoms with Gasteiger partial charge in [-0.3, -0.25) is 9.59 Å². The van der Waals surface area contributed by atoms with E-state index in [1.54, 1.807) is 13.0 Å². The molecule has 1 aliphatic rings. The van der Waals surface area contributed by atoms with E-state index in [1.807, 2.05) is 13.0 Å². The van der Waals surface area contributed by atoms with Crippen LogP contribution in [0.1, 0.15) is 76.8 Å². The van der Waals surface area contributed by atoms with Crippen LogP contribution in [0.25, 0.3) is 0 Å². The Morgan fingerprint density at radius 2 is 1.86 bits per heavy atom. The van der Waals surface area contributed by atoms with Crippen molar-refractivity contribution in [2.45, 2.75) is 51.9 Å². The van der Waals surface area contributed by atoms with Gasteiger partial charge in [0.15, 0.2) is 5.78 Å². The number of rotatable bonds is 6. The smallest absolute Gasteiger partial charge is 0.338 e. The maximum Gasteiger partial charge on any atom is 0.338 e. The first-order valence-corrected chi connectivity index (χ1v) is 7.75. The molecule has 118 valence electrons. The SMILES string of the molecule is CCC(=O)CC(=O)c1cc(C(=O)OC)c(C)cc1C1CCC1. The van der Waals surface area contributed by atoms with Gasteiger partial charge < -0.3 is 4.74 Å². The second-order valence-electron chi connectivity index (χ2n) is 5.87. The van der Waals surface area contributed by atoms with E-state index in [2.05, 4.69) is 0 Å². The van der Waals surface area contributed by atoms with Crippen LogP contribution in [0.15, 0.2) is 12.1 Å². The van der Waals surface area contributed by atoms with Crippen molar-refractivity contribution in [3.05, 3.63) is 34.4 Å². The van der Waals surface area contributed by atoms with Gasteiger partial charge in [0.25, 0.3) is 0 Å². The van der Waals surface area contributed by atoms with Crippen molar-refractivity contribution in [2.24, 2.45) is 0 Å². The third-order valence-corrected chi connectivity index (χ3v) is 4.40. The number of carbonyl (C=O) groups excluding carboxylic acids is 3. The molecule has 4 nitrogen and oxygen atoms in total. The minimum absolute atomic E-state index is 0.0789. The van der Waals surface area contributed by atoms with Crippen molar-refractivity contribution in [3.8, 4) is 0 Å². The molecule has 1 aliphatic carbocycles. The van der Waals surface area contributed by atoms with E-state index in [0.717, 1.165) is 30.4 Å². The van der Waals surface area contributed by atoms with E-state index in [0.29, 0.717) is 23.5 Å². The van der Waals surface area contributed by atoms with Crippen LogP contribution < -0.4 is 0 Å². The summed E-state index contributed by atoms with van der Waals surface area (Å²) < 4.78 is 4.78. The highest BCUT2D eigenvalue weighted by Gasteiger charge is 2.27. The van der Waals surface area contributed by atoms with Gasteiger partial charge in [0.1, 0.15) is 5.78 Å². The molecular formula is C18H22O4. The zero-order valence-corrected chi connectivity index (χ0v) is 13.4. The molecule has 0 aromatic heterocycles. The standard InChI is InChI=1S/C18H22O4/c1-4-13(19)9-17(20)16-10-14(18(21)22-3)11(2)8-15(16)12-6-5-7-12/h8,10,12H,4-7,9H2,1-3H3. The topological polar surface area (TPSA) is 60.4 Å². The zero-order valence-electron chi connectivity index (χ0n) is 13.4. The fourth-order valence-electron chi connectivity index (χ4n) is 2.76. The molecule has 1 saturated carbocycles. The Hall–Kier alpha value is -1.97. The summed E-state index contributed by atoms with van der Waals surface area (Å²) in [6.45, 7) is 3.59. The Balaban J connectivity index is 2.44. The number of benzene rings is 1. The second-order valence-corrected chi connectivity index (χ2v) is 5.87. The lowest BCUT2D eigenvalue weighted by Crippen LogP contribution is -2.18. The summed E-state index contributed by atoms with van der Waals surface area (Å²) in [7, 11) is 1.32. The van der Waals surface area contributed by atoms with Gasteiger partial charge in [-0.05, 0) is 42.9 Å². The molecule has 0 heterocycles. The molecule has 0 bridgehead atoms. The van der Waals surface area contributed by atoms with Crippen LogP contribution in [0.3, 0.4) is 0 Å². The largest absolute Gasteiger partial charge is 0.465 e. The van der Waals surface area contributed by atoms with Crippen LogP contribution in [0, 0.1) is 6.92 Å². The molecule has 2 rings (SSSR count). The first-order chi connectivity index (χ1) is 10.5. The predicted octanol–water partition coefficient (Wildman–Crippen LogP) is 3.60. The van der Waals surface area contributed by atoms with Crippen molar-refractivity contribution in [1.82, 2.24) is 0 Å². The van der Waals surface area contributed by atoms with E-state index in [-0.39, 0.29) is 18.0 Å². The second kappa shape index (κ2) is 6.86. The van der Waals surface area contributed by atoms with E-state index in [4.69, 9.17) is 4.74 Å². The highest BCUT2D eigenvalue weighted by Crippen LogP contribution is 2.39. The molecule has 1 aromatic carbocycles. The third kappa shape index (κ3) is 3.26. The average molecular weight is 302 g/mol. The number of esters is 1. The van der Waals surface area contributed by atoms with Gasteiger partial charge in [-0.1, -0.05) is 19.4 Å². The maximum absolute atomic E-state index is 12.5. The number of aryl methyl sites for hydroxylation is 1. The van der Waals surface area contributed by atoms with Crippen LogP contribution in [0.5, 0.6) is 0 Å². The van der Waals surface area contributed by atoms with Gasteiger partial charge in [0.05, 0.1) is 19.1 Å². The van der Waals surface area contributed by atoms with Crippen molar-refractivity contribution in [3.63, 3.8) is 0 Å². The van der Waals surface area contributed by atoms with E-state index >= 15 is 0 Å². The molecule has 0 amide bonds. The Bertz CT molecular complexity index is 612. The molecule has 0 radical (unpaired) electrons. The van der Waals surface area contributed by atoms with Crippen molar-refractivity contribution in [1.29, 1.82) is 0 Å².